The van der Waals surface area contributed by atoms with Crippen LogP contribution >= 0.6 is 0 Å². The van der Waals surface area contributed by atoms with Crippen molar-refractivity contribution in [2.75, 3.05) is 7.11 Å². The molecule has 0 unspecified atom stereocenters. The molecule has 156 valence electrons. The Bertz CT molecular complexity index is 1180. The van der Waals surface area contributed by atoms with Gasteiger partial charge in [-0.1, -0.05) is 0 Å². The van der Waals surface area contributed by atoms with Crippen LogP contribution < -0.4 is 10.2 Å². The second-order valence-electron chi connectivity index (χ2n) is 7.26. The van der Waals surface area contributed by atoms with Crippen molar-refractivity contribution in [3.63, 3.8) is 0 Å². The molecule has 3 heterocycles. The summed E-state index contributed by atoms with van der Waals surface area (Å²) >= 11 is 0. The molecule has 0 radical (unpaired) electrons. The Hall–Kier alpha value is -3.11. The highest BCUT2D eigenvalue weighted by molar-refractivity contribution is 5.88. The summed E-state index contributed by atoms with van der Waals surface area (Å²) in [4.78, 5) is 12.8. The number of aromatic hydroxyl groups is 2. The van der Waals surface area contributed by atoms with E-state index in [1.807, 2.05) is 0 Å². The van der Waals surface area contributed by atoms with Crippen molar-refractivity contribution in [2.24, 2.45) is 0 Å². The lowest BCUT2D eigenvalue weighted by Gasteiger charge is -2.38. The van der Waals surface area contributed by atoms with Gasteiger partial charge >= 0.3 is 0 Å². The molecule has 1 aromatic heterocycles. The van der Waals surface area contributed by atoms with Crippen molar-refractivity contribution < 1.29 is 39.1 Å². The van der Waals surface area contributed by atoms with Gasteiger partial charge in [-0.15, -0.1) is 0 Å². The molecule has 30 heavy (non-hydrogen) atoms. The van der Waals surface area contributed by atoms with Crippen molar-refractivity contribution in [2.45, 2.75) is 30.7 Å². The van der Waals surface area contributed by atoms with E-state index in [0.717, 1.165) is 0 Å². The van der Waals surface area contributed by atoms with Gasteiger partial charge in [0.1, 0.15) is 52.3 Å². The summed E-state index contributed by atoms with van der Waals surface area (Å²) in [5, 5.41) is 40.8. The molecule has 0 amide bonds. The minimum atomic E-state index is -1.34. The molecule has 9 nitrogen and oxygen atoms in total. The van der Waals surface area contributed by atoms with E-state index in [4.69, 9.17) is 18.6 Å². The molecule has 5 atom stereocenters. The highest BCUT2D eigenvalue weighted by Crippen LogP contribution is 2.50. The second kappa shape index (κ2) is 6.71. The molecule has 0 aliphatic carbocycles. The standard InChI is InChI=1S/C21H18O9/c1-27-21-18(26)17(25)20-19(30-21)15-13(29-20)7-12-14(16(15)24)10(23)6-11(28-12)8-2-4-9(22)5-3-8/h2-7,17-22,24-26H,1H3/t17-,18-,19-,20-,21-/m0/s1. The molecule has 0 bridgehead atoms. The Morgan fingerprint density at radius 3 is 2.47 bits per heavy atom. The van der Waals surface area contributed by atoms with Crippen LogP contribution in [0.25, 0.3) is 22.3 Å². The van der Waals surface area contributed by atoms with Crippen LogP contribution in [-0.2, 0) is 9.47 Å². The van der Waals surface area contributed by atoms with Crippen LogP contribution in [0.15, 0.2) is 45.6 Å². The fraction of sp³-hybridized carbons (Fsp3) is 0.286. The molecule has 1 fully saturated rings. The first-order chi connectivity index (χ1) is 14.4. The zero-order chi connectivity index (χ0) is 21.2. The summed E-state index contributed by atoms with van der Waals surface area (Å²) in [6, 6.07) is 8.79. The molecule has 3 aromatic rings. The second-order valence-corrected chi connectivity index (χ2v) is 7.26. The molecular weight excluding hydrogens is 396 g/mol. The number of aliphatic hydroxyl groups excluding tert-OH is 2. The maximum absolute atomic E-state index is 12.8. The van der Waals surface area contributed by atoms with E-state index >= 15 is 0 Å². The van der Waals surface area contributed by atoms with Gasteiger partial charge in [0, 0.05) is 24.8 Å². The quantitative estimate of drug-likeness (QED) is 0.490. The van der Waals surface area contributed by atoms with Crippen LogP contribution in [0.3, 0.4) is 0 Å². The Morgan fingerprint density at radius 2 is 1.77 bits per heavy atom. The molecule has 0 spiro atoms. The lowest BCUT2D eigenvalue weighted by molar-refractivity contribution is -0.281. The molecule has 4 N–H and O–H groups in total. The van der Waals surface area contributed by atoms with Gasteiger partial charge in [0.25, 0.3) is 0 Å². The van der Waals surface area contributed by atoms with Crippen molar-refractivity contribution in [3.8, 4) is 28.6 Å². The number of methoxy groups -OCH3 is 1. The minimum Gasteiger partial charge on any atom is -0.508 e. The number of aliphatic hydroxyl groups is 2. The van der Waals surface area contributed by atoms with Crippen LogP contribution in [0.5, 0.6) is 17.2 Å². The SMILES string of the molecule is CO[C@H]1O[C@H]2c3c(cc4oc(-c5ccc(O)cc5)cc(=O)c4c3O)O[C@H]2[C@@H](O)[C@@H]1O. The van der Waals surface area contributed by atoms with E-state index < -0.39 is 36.1 Å². The van der Waals surface area contributed by atoms with E-state index in [2.05, 4.69) is 0 Å². The van der Waals surface area contributed by atoms with E-state index in [0.29, 0.717) is 5.56 Å². The molecule has 2 aliphatic heterocycles. The van der Waals surface area contributed by atoms with E-state index in [1.54, 1.807) is 12.1 Å². The van der Waals surface area contributed by atoms with Gasteiger partial charge in [0.2, 0.25) is 0 Å². The van der Waals surface area contributed by atoms with Gasteiger partial charge in [-0.05, 0) is 24.3 Å². The number of ether oxygens (including phenoxy) is 3. The molecule has 5 rings (SSSR count). The first kappa shape index (κ1) is 18.9. The Morgan fingerprint density at radius 1 is 1.03 bits per heavy atom. The summed E-state index contributed by atoms with van der Waals surface area (Å²) < 4.78 is 22.3. The van der Waals surface area contributed by atoms with Crippen LogP contribution in [-0.4, -0.2) is 52.1 Å². The van der Waals surface area contributed by atoms with Crippen LogP contribution in [0.4, 0.5) is 0 Å². The summed E-state index contributed by atoms with van der Waals surface area (Å²) in [6.07, 6.45) is -5.73. The topological polar surface area (TPSA) is 139 Å². The normalized spacial score (nSPS) is 27.5. The maximum atomic E-state index is 12.8. The van der Waals surface area contributed by atoms with Gasteiger partial charge in [-0.3, -0.25) is 4.79 Å². The first-order valence-corrected chi connectivity index (χ1v) is 9.23. The average Bonchev–Trinajstić information content (AvgIpc) is 3.09. The fourth-order valence-corrected chi connectivity index (χ4v) is 3.98. The van der Waals surface area contributed by atoms with E-state index in [9.17, 15) is 25.2 Å². The molecule has 2 aliphatic rings. The fourth-order valence-electron chi connectivity index (χ4n) is 3.98. The highest BCUT2D eigenvalue weighted by Gasteiger charge is 2.52. The molecule has 0 saturated carbocycles. The van der Waals surface area contributed by atoms with Crippen LogP contribution in [0, 0.1) is 0 Å². The Labute approximate surface area is 169 Å². The lowest BCUT2D eigenvalue weighted by atomic mass is 9.94. The third-order valence-electron chi connectivity index (χ3n) is 5.47. The summed E-state index contributed by atoms with van der Waals surface area (Å²) in [5.41, 5.74) is 0.345. The molecular formula is C21H18O9. The average molecular weight is 414 g/mol. The first-order valence-electron chi connectivity index (χ1n) is 9.23. The molecule has 1 saturated heterocycles. The number of fused-ring (bicyclic) bond motifs is 4. The van der Waals surface area contributed by atoms with Gasteiger partial charge in [-0.2, -0.15) is 0 Å². The largest absolute Gasteiger partial charge is 0.508 e. The van der Waals surface area contributed by atoms with Gasteiger partial charge in [0.05, 0.1) is 5.56 Å². The smallest absolute Gasteiger partial charge is 0.197 e. The number of hydrogen-bond acceptors (Lipinski definition) is 9. The van der Waals surface area contributed by atoms with Crippen molar-refractivity contribution in [1.82, 2.24) is 0 Å². The van der Waals surface area contributed by atoms with E-state index in [1.165, 1.54) is 31.4 Å². The van der Waals surface area contributed by atoms with Crippen LogP contribution in [0.2, 0.25) is 0 Å². The third kappa shape index (κ3) is 2.67. The molecule has 2 aromatic carbocycles. The monoisotopic (exact) mass is 414 g/mol. The third-order valence-corrected chi connectivity index (χ3v) is 5.47. The number of hydrogen-bond donors (Lipinski definition) is 4. The summed E-state index contributed by atoms with van der Waals surface area (Å²) in [6.45, 7) is 0. The number of rotatable bonds is 2. The highest BCUT2D eigenvalue weighted by atomic mass is 16.7. The molecule has 9 heteroatoms. The number of benzene rings is 2. The number of phenolic OH excluding ortho intramolecular Hbond substituents is 2. The zero-order valence-corrected chi connectivity index (χ0v) is 15.7. The van der Waals surface area contributed by atoms with Gasteiger partial charge in [0.15, 0.2) is 17.8 Å². The predicted molar refractivity (Wildman–Crippen MR) is 102 cm³/mol. The van der Waals surface area contributed by atoms with Crippen molar-refractivity contribution >= 4 is 11.0 Å². The number of phenols is 2. The Balaban J connectivity index is 1.65. The maximum Gasteiger partial charge on any atom is 0.197 e. The summed E-state index contributed by atoms with van der Waals surface area (Å²) in [5.74, 6) is 0.111. The van der Waals surface area contributed by atoms with Gasteiger partial charge < -0.3 is 39.1 Å². The van der Waals surface area contributed by atoms with Gasteiger partial charge in [-0.25, -0.2) is 0 Å². The van der Waals surface area contributed by atoms with Crippen LogP contribution in [0.1, 0.15) is 11.7 Å². The lowest BCUT2D eigenvalue weighted by Crippen LogP contribution is -2.54. The zero-order valence-electron chi connectivity index (χ0n) is 15.7. The summed E-state index contributed by atoms with van der Waals surface area (Å²) in [7, 11) is 1.32. The van der Waals surface area contributed by atoms with Crippen molar-refractivity contribution in [3.05, 3.63) is 52.2 Å². The minimum absolute atomic E-state index is 0.0568. The Kier molecular flexibility index (Phi) is 4.23. The predicted octanol–water partition coefficient (Wildman–Crippen LogP) is 1.40. The van der Waals surface area contributed by atoms with E-state index in [-0.39, 0.29) is 39.5 Å². The van der Waals surface area contributed by atoms with Crippen molar-refractivity contribution in [1.29, 1.82) is 0 Å².